The molecule has 0 spiro atoms. The van der Waals surface area contributed by atoms with Gasteiger partial charge in [-0.25, -0.2) is 0 Å². The largest absolute Gasteiger partial charge is 0.331 e. The number of hydrogen-bond acceptors (Lipinski definition) is 2. The fourth-order valence-corrected chi connectivity index (χ4v) is 3.66. The van der Waals surface area contributed by atoms with Crippen LogP contribution in [0.15, 0.2) is 18.2 Å². The van der Waals surface area contributed by atoms with Gasteiger partial charge in [0.1, 0.15) is 0 Å². The Labute approximate surface area is 124 Å². The van der Waals surface area contributed by atoms with Gasteiger partial charge in [-0.1, -0.05) is 19.9 Å². The molecule has 0 amide bonds. The van der Waals surface area contributed by atoms with Crippen molar-refractivity contribution >= 4 is 35.0 Å². The van der Waals surface area contributed by atoms with Crippen molar-refractivity contribution in [3.05, 3.63) is 28.5 Å². The molecule has 0 aliphatic carbocycles. The quantitative estimate of drug-likeness (QED) is 0.789. The monoisotopic (exact) mass is 294 g/mol. The van der Waals surface area contributed by atoms with Crippen LogP contribution in [0.25, 0.3) is 11.0 Å². The average molecular weight is 294 g/mol. The molecule has 19 heavy (non-hydrogen) atoms. The van der Waals surface area contributed by atoms with E-state index in [1.807, 2.05) is 11.8 Å². The Bertz CT molecular complexity index is 612. The SMILES string of the molecule is CCC(CC)(Cn1c(=S)[nH]c2cc(C)ccc21)SC. The zero-order valence-electron chi connectivity index (χ0n) is 12.1. The molecule has 0 radical (unpaired) electrons. The minimum absolute atomic E-state index is 0.276. The summed E-state index contributed by atoms with van der Waals surface area (Å²) in [4.78, 5) is 3.33. The predicted octanol–water partition coefficient (Wildman–Crippen LogP) is 4.93. The van der Waals surface area contributed by atoms with Crippen molar-refractivity contribution in [1.29, 1.82) is 0 Å². The van der Waals surface area contributed by atoms with Crippen LogP contribution in [0.5, 0.6) is 0 Å². The van der Waals surface area contributed by atoms with Gasteiger partial charge in [0.15, 0.2) is 4.77 Å². The molecular weight excluding hydrogens is 272 g/mol. The minimum Gasteiger partial charge on any atom is -0.331 e. The summed E-state index contributed by atoms with van der Waals surface area (Å²) in [7, 11) is 0. The molecule has 2 rings (SSSR count). The van der Waals surface area contributed by atoms with E-state index in [9.17, 15) is 0 Å². The number of imidazole rings is 1. The molecule has 1 heterocycles. The van der Waals surface area contributed by atoms with Crippen LogP contribution in [0.3, 0.4) is 0 Å². The van der Waals surface area contributed by atoms with Crippen molar-refractivity contribution in [3.63, 3.8) is 0 Å². The molecule has 2 aromatic rings. The number of thioether (sulfide) groups is 1. The van der Waals surface area contributed by atoms with E-state index in [0.29, 0.717) is 0 Å². The number of hydrogen-bond donors (Lipinski definition) is 1. The molecule has 1 aromatic heterocycles. The summed E-state index contributed by atoms with van der Waals surface area (Å²) in [6.07, 6.45) is 4.52. The first-order valence-corrected chi connectivity index (χ1v) is 8.43. The van der Waals surface area contributed by atoms with Crippen LogP contribution in [0, 0.1) is 11.7 Å². The maximum atomic E-state index is 5.51. The Morgan fingerprint density at radius 2 is 2.00 bits per heavy atom. The number of aromatic amines is 1. The van der Waals surface area contributed by atoms with E-state index >= 15 is 0 Å². The molecule has 0 fully saturated rings. The van der Waals surface area contributed by atoms with Crippen LogP contribution < -0.4 is 0 Å². The molecule has 1 aromatic carbocycles. The normalized spacial score (nSPS) is 12.2. The maximum Gasteiger partial charge on any atom is 0.178 e. The summed E-state index contributed by atoms with van der Waals surface area (Å²) in [5.41, 5.74) is 3.63. The lowest BCUT2D eigenvalue weighted by molar-refractivity contribution is 0.470. The third-order valence-electron chi connectivity index (χ3n) is 4.10. The molecule has 2 nitrogen and oxygen atoms in total. The Hall–Kier alpha value is -0.740. The van der Waals surface area contributed by atoms with E-state index in [1.54, 1.807) is 0 Å². The first kappa shape index (κ1) is 14.7. The highest BCUT2D eigenvalue weighted by Crippen LogP contribution is 2.33. The summed E-state index contributed by atoms with van der Waals surface area (Å²) in [5, 5.41) is 0. The number of fused-ring (bicyclic) bond motifs is 1. The fourth-order valence-electron chi connectivity index (χ4n) is 2.55. The molecule has 0 saturated carbocycles. The van der Waals surface area contributed by atoms with Crippen LogP contribution in [-0.4, -0.2) is 20.6 Å². The van der Waals surface area contributed by atoms with Crippen molar-refractivity contribution in [2.24, 2.45) is 0 Å². The van der Waals surface area contributed by atoms with Crippen molar-refractivity contribution in [2.45, 2.75) is 44.9 Å². The molecule has 1 N–H and O–H groups in total. The van der Waals surface area contributed by atoms with Crippen LogP contribution in [-0.2, 0) is 6.54 Å². The minimum atomic E-state index is 0.276. The predicted molar refractivity (Wildman–Crippen MR) is 88.7 cm³/mol. The van der Waals surface area contributed by atoms with Gasteiger partial charge in [0.2, 0.25) is 0 Å². The second-order valence-electron chi connectivity index (χ2n) is 5.13. The molecule has 0 atom stereocenters. The molecule has 104 valence electrons. The van der Waals surface area contributed by atoms with Gasteiger partial charge >= 0.3 is 0 Å². The van der Waals surface area contributed by atoms with Gasteiger partial charge in [0.05, 0.1) is 11.0 Å². The van der Waals surface area contributed by atoms with Crippen molar-refractivity contribution < 1.29 is 0 Å². The van der Waals surface area contributed by atoms with Gasteiger partial charge in [-0.15, -0.1) is 0 Å². The number of benzene rings is 1. The van der Waals surface area contributed by atoms with Crippen LogP contribution in [0.4, 0.5) is 0 Å². The Morgan fingerprint density at radius 3 is 2.58 bits per heavy atom. The number of aryl methyl sites for hydroxylation is 1. The zero-order chi connectivity index (χ0) is 14.0. The van der Waals surface area contributed by atoms with Gasteiger partial charge < -0.3 is 9.55 Å². The summed E-state index contributed by atoms with van der Waals surface area (Å²) >= 11 is 7.46. The lowest BCUT2D eigenvalue weighted by Gasteiger charge is -2.30. The summed E-state index contributed by atoms with van der Waals surface area (Å²) in [5.74, 6) is 0. The van der Waals surface area contributed by atoms with E-state index in [2.05, 4.69) is 54.8 Å². The summed E-state index contributed by atoms with van der Waals surface area (Å²) in [6.45, 7) is 7.62. The number of rotatable bonds is 5. The first-order valence-electron chi connectivity index (χ1n) is 6.79. The molecule has 0 saturated heterocycles. The van der Waals surface area contributed by atoms with Gasteiger partial charge in [0, 0.05) is 11.3 Å². The fraction of sp³-hybridized carbons (Fsp3) is 0.533. The van der Waals surface area contributed by atoms with E-state index in [-0.39, 0.29) is 4.75 Å². The van der Waals surface area contributed by atoms with E-state index < -0.39 is 0 Å². The molecular formula is C15H22N2S2. The number of H-pyrrole nitrogens is 1. The lowest BCUT2D eigenvalue weighted by Crippen LogP contribution is -2.29. The van der Waals surface area contributed by atoms with Gasteiger partial charge in [0.25, 0.3) is 0 Å². The van der Waals surface area contributed by atoms with E-state index in [1.165, 1.54) is 11.1 Å². The summed E-state index contributed by atoms with van der Waals surface area (Å²) < 4.78 is 3.37. The highest BCUT2D eigenvalue weighted by atomic mass is 32.2. The maximum absolute atomic E-state index is 5.51. The van der Waals surface area contributed by atoms with Gasteiger partial charge in [-0.3, -0.25) is 0 Å². The van der Waals surface area contributed by atoms with Crippen molar-refractivity contribution in [2.75, 3.05) is 6.26 Å². The van der Waals surface area contributed by atoms with Gasteiger partial charge in [-0.05, 0) is 55.9 Å². The molecule has 0 unspecified atom stereocenters. The highest BCUT2D eigenvalue weighted by molar-refractivity contribution is 8.00. The third-order valence-corrected chi connectivity index (χ3v) is 5.99. The number of nitrogens with one attached hydrogen (secondary N) is 1. The Balaban J connectivity index is 2.51. The molecule has 4 heteroatoms. The molecule has 0 bridgehead atoms. The van der Waals surface area contributed by atoms with Crippen molar-refractivity contribution in [1.82, 2.24) is 9.55 Å². The number of aromatic nitrogens is 2. The average Bonchev–Trinajstić information content (AvgIpc) is 2.71. The Morgan fingerprint density at radius 1 is 1.32 bits per heavy atom. The topological polar surface area (TPSA) is 20.7 Å². The number of nitrogens with zero attached hydrogens (tertiary/aromatic N) is 1. The molecule has 0 aliphatic heterocycles. The second kappa shape index (κ2) is 5.71. The van der Waals surface area contributed by atoms with Gasteiger partial charge in [-0.2, -0.15) is 11.8 Å². The molecule has 0 aliphatic rings. The highest BCUT2D eigenvalue weighted by Gasteiger charge is 2.26. The van der Waals surface area contributed by atoms with E-state index in [4.69, 9.17) is 12.2 Å². The smallest absolute Gasteiger partial charge is 0.178 e. The first-order chi connectivity index (χ1) is 9.05. The zero-order valence-corrected chi connectivity index (χ0v) is 13.8. The van der Waals surface area contributed by atoms with Crippen molar-refractivity contribution in [3.8, 4) is 0 Å². The standard InChI is InChI=1S/C15H22N2S2/c1-5-15(6-2,19-4)10-17-13-8-7-11(3)9-12(13)16-14(17)18/h7-9H,5-6,10H2,1-4H3,(H,16,18). The van der Waals surface area contributed by atoms with Crippen LogP contribution in [0.2, 0.25) is 0 Å². The van der Waals surface area contributed by atoms with E-state index in [0.717, 1.165) is 29.7 Å². The van der Waals surface area contributed by atoms with Crippen LogP contribution in [0.1, 0.15) is 32.3 Å². The Kier molecular flexibility index (Phi) is 4.41. The second-order valence-corrected chi connectivity index (χ2v) is 6.79. The lowest BCUT2D eigenvalue weighted by atomic mass is 10.0. The van der Waals surface area contributed by atoms with Crippen LogP contribution >= 0.6 is 24.0 Å². The third kappa shape index (κ3) is 2.75. The summed E-state index contributed by atoms with van der Waals surface area (Å²) in [6, 6.07) is 6.49.